The molecule has 6 heteroatoms. The highest BCUT2D eigenvalue weighted by atomic mass is 16.7. The van der Waals surface area contributed by atoms with Crippen molar-refractivity contribution >= 4 is 25.3 Å². The Hall–Kier alpha value is -1.33. The predicted molar refractivity (Wildman–Crippen MR) is 138 cm³/mol. The largest absolute Gasteiger partial charge is 0.494 e. The average Bonchev–Trinajstić information content (AvgIpc) is 3.25. The molecule has 0 radical (unpaired) electrons. The van der Waals surface area contributed by atoms with Gasteiger partial charge in [0.15, 0.2) is 0 Å². The summed E-state index contributed by atoms with van der Waals surface area (Å²) in [5.41, 5.74) is 5.41. The lowest BCUT2D eigenvalue weighted by Gasteiger charge is -2.32. The number of hydrogen-bond acceptors (Lipinski definition) is 4. The molecule has 0 N–H and O–H groups in total. The van der Waals surface area contributed by atoms with Crippen LogP contribution in [0.5, 0.6) is 0 Å². The van der Waals surface area contributed by atoms with Crippen LogP contribution in [0.15, 0.2) is 35.9 Å². The summed E-state index contributed by atoms with van der Waals surface area (Å²) in [7, 11) is -0.498. The molecule has 3 fully saturated rings. The Morgan fingerprint density at radius 3 is 1.88 bits per heavy atom. The SMILES string of the molecule is CC1(C)C2=C(C=CC3C(B4OC(C)(C)C(C)(C)O4)C23)c2ccc(B3OC(C)(C)C(C)(C)O3)cc21. The Morgan fingerprint density at radius 1 is 0.735 bits per heavy atom. The number of fused-ring (bicyclic) bond motifs is 4. The van der Waals surface area contributed by atoms with Crippen LogP contribution in [0.1, 0.15) is 80.4 Å². The second kappa shape index (κ2) is 6.51. The van der Waals surface area contributed by atoms with Crippen LogP contribution in [0.3, 0.4) is 0 Å². The number of benzene rings is 1. The van der Waals surface area contributed by atoms with Gasteiger partial charge in [-0.1, -0.05) is 44.2 Å². The first kappa shape index (κ1) is 23.1. The van der Waals surface area contributed by atoms with Crippen molar-refractivity contribution in [2.45, 2.75) is 103 Å². The smallest absolute Gasteiger partial charge is 0.403 e. The first-order chi connectivity index (χ1) is 15.6. The lowest BCUT2D eigenvalue weighted by atomic mass is 9.72. The molecule has 2 saturated heterocycles. The van der Waals surface area contributed by atoms with Crippen molar-refractivity contribution in [3.05, 3.63) is 47.1 Å². The topological polar surface area (TPSA) is 36.9 Å². The predicted octanol–water partition coefficient (Wildman–Crippen LogP) is 5.31. The zero-order chi connectivity index (χ0) is 24.6. The fourth-order valence-corrected chi connectivity index (χ4v) is 6.44. The van der Waals surface area contributed by atoms with Gasteiger partial charge in [-0.15, -0.1) is 0 Å². The number of hydrogen-bond donors (Lipinski definition) is 0. The summed E-state index contributed by atoms with van der Waals surface area (Å²) >= 11 is 0. The van der Waals surface area contributed by atoms with E-state index in [0.29, 0.717) is 17.7 Å². The summed E-state index contributed by atoms with van der Waals surface area (Å²) in [5.74, 6) is 1.34. The molecule has 2 aliphatic heterocycles. The average molecular weight is 460 g/mol. The fraction of sp³-hybridized carbons (Fsp3) is 0.643. The Labute approximate surface area is 205 Å². The summed E-state index contributed by atoms with van der Waals surface area (Å²) < 4.78 is 25.7. The van der Waals surface area contributed by atoms with E-state index in [1.54, 1.807) is 5.57 Å². The monoisotopic (exact) mass is 460 g/mol. The molecule has 34 heavy (non-hydrogen) atoms. The van der Waals surface area contributed by atoms with E-state index in [1.807, 2.05) is 0 Å². The van der Waals surface area contributed by atoms with Gasteiger partial charge in [-0.05, 0) is 95.0 Å². The Bertz CT molecular complexity index is 1110. The van der Waals surface area contributed by atoms with Crippen molar-refractivity contribution in [3.63, 3.8) is 0 Å². The van der Waals surface area contributed by atoms with Crippen molar-refractivity contribution in [2.75, 3.05) is 0 Å². The molecule has 5 aliphatic rings. The zero-order valence-electron chi connectivity index (χ0n) is 22.4. The van der Waals surface area contributed by atoms with Gasteiger partial charge in [-0.2, -0.15) is 0 Å². The van der Waals surface area contributed by atoms with Gasteiger partial charge in [-0.3, -0.25) is 0 Å². The van der Waals surface area contributed by atoms with E-state index in [4.69, 9.17) is 18.6 Å². The first-order valence-corrected chi connectivity index (χ1v) is 12.9. The van der Waals surface area contributed by atoms with Gasteiger partial charge in [0.05, 0.1) is 22.4 Å². The highest BCUT2D eigenvalue weighted by molar-refractivity contribution is 6.62. The molecule has 0 bridgehead atoms. The third kappa shape index (κ3) is 2.89. The van der Waals surface area contributed by atoms with E-state index in [2.05, 4.69) is 99.6 Å². The Morgan fingerprint density at radius 2 is 1.29 bits per heavy atom. The normalized spacial score (nSPS) is 34.8. The third-order valence-electron chi connectivity index (χ3n) is 10.0. The highest BCUT2D eigenvalue weighted by Gasteiger charge is 2.67. The van der Waals surface area contributed by atoms with Gasteiger partial charge in [0.1, 0.15) is 0 Å². The molecule has 3 aliphatic carbocycles. The van der Waals surface area contributed by atoms with Gasteiger partial charge in [-0.25, -0.2) is 0 Å². The lowest BCUT2D eigenvalue weighted by molar-refractivity contribution is 0.00578. The van der Waals surface area contributed by atoms with Crippen LogP contribution in [0.4, 0.5) is 0 Å². The quantitative estimate of drug-likeness (QED) is 0.561. The maximum absolute atomic E-state index is 6.49. The molecule has 0 aromatic heterocycles. The summed E-state index contributed by atoms with van der Waals surface area (Å²) in [6.45, 7) is 21.8. The van der Waals surface area contributed by atoms with Crippen molar-refractivity contribution in [1.82, 2.24) is 0 Å². The van der Waals surface area contributed by atoms with Crippen LogP contribution in [0, 0.1) is 11.8 Å². The molecule has 0 amide bonds. The molecule has 1 aromatic carbocycles. The second-order valence-electron chi connectivity index (χ2n) is 13.5. The summed E-state index contributed by atoms with van der Waals surface area (Å²) in [4.78, 5) is 0. The Balaban J connectivity index is 1.31. The van der Waals surface area contributed by atoms with E-state index < -0.39 is 0 Å². The summed E-state index contributed by atoms with van der Waals surface area (Å²) in [6.07, 6.45) is 4.75. The van der Waals surface area contributed by atoms with Crippen LogP contribution >= 0.6 is 0 Å². The minimum Gasteiger partial charge on any atom is -0.403 e. The molecule has 2 heterocycles. The van der Waals surface area contributed by atoms with Crippen molar-refractivity contribution < 1.29 is 18.6 Å². The minimum atomic E-state index is -0.344. The van der Waals surface area contributed by atoms with Crippen molar-refractivity contribution in [1.29, 1.82) is 0 Å². The zero-order valence-corrected chi connectivity index (χ0v) is 22.4. The molecular weight excluding hydrogens is 422 g/mol. The number of allylic oxidation sites excluding steroid dienone is 4. The standard InChI is InChI=1S/C28H38B2O4/c1-24(2)20-15-16(29-31-25(3,4)26(5,6)32-29)11-12-17(20)18-13-14-19-21(22(18)24)23(19)30-33-27(7,8)28(9,10)34-30/h11-15,19,21,23H,1-10H3. The van der Waals surface area contributed by atoms with Crippen LogP contribution < -0.4 is 5.46 Å². The van der Waals surface area contributed by atoms with E-state index in [9.17, 15) is 0 Å². The molecule has 0 spiro atoms. The molecule has 4 nitrogen and oxygen atoms in total. The molecule has 6 rings (SSSR count). The van der Waals surface area contributed by atoms with E-state index >= 15 is 0 Å². The van der Waals surface area contributed by atoms with Gasteiger partial charge >= 0.3 is 14.2 Å². The first-order valence-electron chi connectivity index (χ1n) is 12.9. The third-order valence-corrected chi connectivity index (χ3v) is 10.0. The molecule has 1 aromatic rings. The van der Waals surface area contributed by atoms with Gasteiger partial charge < -0.3 is 18.6 Å². The Kier molecular flexibility index (Phi) is 4.42. The summed E-state index contributed by atoms with van der Waals surface area (Å²) in [6, 6.07) is 6.78. The van der Waals surface area contributed by atoms with E-state index in [1.165, 1.54) is 16.7 Å². The van der Waals surface area contributed by atoms with Gasteiger partial charge in [0.25, 0.3) is 0 Å². The van der Waals surface area contributed by atoms with Gasteiger partial charge in [0, 0.05) is 11.2 Å². The molecular formula is C28H38B2O4. The fourth-order valence-electron chi connectivity index (χ4n) is 6.44. The molecule has 1 saturated carbocycles. The second-order valence-corrected chi connectivity index (χ2v) is 13.5. The minimum absolute atomic E-state index is 0.0591. The maximum atomic E-state index is 6.49. The van der Waals surface area contributed by atoms with E-state index in [0.717, 1.165) is 5.46 Å². The number of rotatable bonds is 2. The molecule has 3 unspecified atom stereocenters. The lowest BCUT2D eigenvalue weighted by Crippen LogP contribution is -2.41. The summed E-state index contributed by atoms with van der Waals surface area (Å²) in [5, 5.41) is 0. The highest BCUT2D eigenvalue weighted by Crippen LogP contribution is 2.69. The van der Waals surface area contributed by atoms with Crippen LogP contribution in [-0.4, -0.2) is 36.6 Å². The molecule has 180 valence electrons. The maximum Gasteiger partial charge on any atom is 0.494 e. The van der Waals surface area contributed by atoms with Crippen molar-refractivity contribution in [2.24, 2.45) is 11.8 Å². The molecule has 3 atom stereocenters. The van der Waals surface area contributed by atoms with Gasteiger partial charge in [0.2, 0.25) is 0 Å². The van der Waals surface area contributed by atoms with E-state index in [-0.39, 0.29) is 42.1 Å². The van der Waals surface area contributed by atoms with Crippen molar-refractivity contribution in [3.8, 4) is 0 Å². The van der Waals surface area contributed by atoms with Crippen LogP contribution in [0.25, 0.3) is 5.57 Å². The van der Waals surface area contributed by atoms with Crippen LogP contribution in [0.2, 0.25) is 5.82 Å². The van der Waals surface area contributed by atoms with Crippen LogP contribution in [-0.2, 0) is 24.0 Å².